The van der Waals surface area contributed by atoms with Crippen molar-refractivity contribution in [2.45, 2.75) is 25.9 Å². The van der Waals surface area contributed by atoms with Crippen LogP contribution in [0, 0.1) is 5.82 Å². The van der Waals surface area contributed by atoms with E-state index in [1.807, 2.05) is 30.3 Å². The lowest BCUT2D eigenvalue weighted by molar-refractivity contribution is -0.140. The van der Waals surface area contributed by atoms with Gasteiger partial charge in [-0.3, -0.25) is 13.9 Å². The normalized spacial score (nSPS) is 11.8. The van der Waals surface area contributed by atoms with Crippen LogP contribution in [0.15, 0.2) is 72.8 Å². The van der Waals surface area contributed by atoms with Crippen LogP contribution < -0.4 is 19.1 Å². The minimum atomic E-state index is -4.00. The van der Waals surface area contributed by atoms with Crippen LogP contribution in [0.3, 0.4) is 0 Å². The first-order chi connectivity index (χ1) is 19.1. The molecule has 3 rings (SSSR count). The molecule has 0 fully saturated rings. The zero-order valence-electron chi connectivity index (χ0n) is 23.0. The highest BCUT2D eigenvalue weighted by Gasteiger charge is 2.33. The molecule has 0 aromatic heterocycles. The number of halogens is 1. The van der Waals surface area contributed by atoms with E-state index < -0.39 is 40.2 Å². The predicted molar refractivity (Wildman–Crippen MR) is 151 cm³/mol. The molecule has 1 N–H and O–H groups in total. The monoisotopic (exact) mass is 571 g/mol. The number of benzene rings is 3. The standard InChI is InChI=1S/C29H34FN3O6S/c1-5-31-29(35)26(17-21-9-7-6-8-10-21)32(19-22-11-13-23(30)14-12-22)28(34)20-33(40(4,36)37)25-18-24(38-2)15-16-27(25)39-3/h6-16,18,26H,5,17,19-20H2,1-4H3,(H,31,35)/t26-/m1/s1. The predicted octanol–water partition coefficient (Wildman–Crippen LogP) is 3.39. The number of nitrogens with one attached hydrogen (secondary N) is 1. The topological polar surface area (TPSA) is 105 Å². The first kappa shape index (κ1) is 30.4. The molecule has 1 atom stereocenters. The lowest BCUT2D eigenvalue weighted by Gasteiger charge is -2.33. The van der Waals surface area contributed by atoms with Crippen LogP contribution in [0.1, 0.15) is 18.1 Å². The second-order valence-corrected chi connectivity index (χ2v) is 11.0. The highest BCUT2D eigenvalue weighted by atomic mass is 32.2. The van der Waals surface area contributed by atoms with Crippen molar-refractivity contribution in [1.29, 1.82) is 0 Å². The summed E-state index contributed by atoms with van der Waals surface area (Å²) in [5, 5.41) is 2.78. The molecule has 0 radical (unpaired) electrons. The van der Waals surface area contributed by atoms with Crippen LogP contribution in [-0.2, 0) is 32.6 Å². The quantitative estimate of drug-likeness (QED) is 0.337. The van der Waals surface area contributed by atoms with Gasteiger partial charge in [-0.05, 0) is 42.3 Å². The number of rotatable bonds is 13. The molecule has 214 valence electrons. The molecule has 0 saturated carbocycles. The van der Waals surface area contributed by atoms with Crippen molar-refractivity contribution in [1.82, 2.24) is 10.2 Å². The number of carbonyl (C=O) groups is 2. The summed E-state index contributed by atoms with van der Waals surface area (Å²) in [5.41, 5.74) is 1.49. The second-order valence-electron chi connectivity index (χ2n) is 9.06. The van der Waals surface area contributed by atoms with Crippen LogP contribution in [0.2, 0.25) is 0 Å². The van der Waals surface area contributed by atoms with E-state index in [1.165, 1.54) is 49.5 Å². The summed E-state index contributed by atoms with van der Waals surface area (Å²) >= 11 is 0. The molecule has 0 unspecified atom stereocenters. The molecule has 0 aliphatic carbocycles. The number of likely N-dealkylation sites (N-methyl/N-ethyl adjacent to an activating group) is 1. The molecule has 0 aliphatic heterocycles. The summed E-state index contributed by atoms with van der Waals surface area (Å²) in [6.45, 7) is 1.43. The third kappa shape index (κ3) is 7.95. The molecule has 0 bridgehead atoms. The van der Waals surface area contributed by atoms with Gasteiger partial charge in [-0.1, -0.05) is 42.5 Å². The Labute approximate surface area is 234 Å². The molecular weight excluding hydrogens is 537 g/mol. The maximum absolute atomic E-state index is 14.0. The number of hydrogen-bond acceptors (Lipinski definition) is 6. The summed E-state index contributed by atoms with van der Waals surface area (Å²) in [6.07, 6.45) is 1.16. The molecule has 0 aliphatic rings. The minimum absolute atomic E-state index is 0.0550. The molecule has 0 spiro atoms. The lowest BCUT2D eigenvalue weighted by atomic mass is 10.0. The summed E-state index contributed by atoms with van der Waals surface area (Å²) in [5.74, 6) is -0.893. The Bertz CT molecular complexity index is 1400. The van der Waals surface area contributed by atoms with Gasteiger partial charge in [-0.2, -0.15) is 0 Å². The molecular formula is C29H34FN3O6S. The number of methoxy groups -OCH3 is 2. The smallest absolute Gasteiger partial charge is 0.244 e. The van der Waals surface area contributed by atoms with Crippen molar-refractivity contribution in [2.24, 2.45) is 0 Å². The van der Waals surface area contributed by atoms with Crippen LogP contribution in [0.4, 0.5) is 10.1 Å². The van der Waals surface area contributed by atoms with Gasteiger partial charge in [0.1, 0.15) is 29.9 Å². The SMILES string of the molecule is CCNC(=O)[C@@H](Cc1ccccc1)N(Cc1ccc(F)cc1)C(=O)CN(c1cc(OC)ccc1OC)S(C)(=O)=O. The van der Waals surface area contributed by atoms with Crippen molar-refractivity contribution < 1.29 is 31.9 Å². The number of hydrogen-bond donors (Lipinski definition) is 1. The number of ether oxygens (including phenoxy) is 2. The molecule has 40 heavy (non-hydrogen) atoms. The second kappa shape index (κ2) is 13.8. The largest absolute Gasteiger partial charge is 0.497 e. The van der Waals surface area contributed by atoms with Crippen LogP contribution in [0.5, 0.6) is 11.5 Å². The van der Waals surface area contributed by atoms with E-state index in [9.17, 15) is 22.4 Å². The maximum atomic E-state index is 14.0. The summed E-state index contributed by atoms with van der Waals surface area (Å²) in [4.78, 5) is 28.7. The zero-order chi connectivity index (χ0) is 29.3. The van der Waals surface area contributed by atoms with Gasteiger partial charge < -0.3 is 19.7 Å². The first-order valence-corrected chi connectivity index (χ1v) is 14.5. The van der Waals surface area contributed by atoms with E-state index in [4.69, 9.17) is 9.47 Å². The van der Waals surface area contributed by atoms with Crippen LogP contribution >= 0.6 is 0 Å². The van der Waals surface area contributed by atoms with Crippen molar-refractivity contribution in [3.05, 3.63) is 89.7 Å². The van der Waals surface area contributed by atoms with E-state index in [0.29, 0.717) is 17.9 Å². The molecule has 9 nitrogen and oxygen atoms in total. The number of anilines is 1. The van der Waals surface area contributed by atoms with Gasteiger partial charge >= 0.3 is 0 Å². The Morgan fingerprint density at radius 3 is 2.20 bits per heavy atom. The molecule has 0 saturated heterocycles. The van der Waals surface area contributed by atoms with Gasteiger partial charge in [0.2, 0.25) is 21.8 Å². The van der Waals surface area contributed by atoms with E-state index in [1.54, 1.807) is 19.1 Å². The molecule has 2 amide bonds. The summed E-state index contributed by atoms with van der Waals surface area (Å²) < 4.78 is 51.2. The third-order valence-electron chi connectivity index (χ3n) is 6.22. The van der Waals surface area contributed by atoms with Crippen molar-refractivity contribution in [3.8, 4) is 11.5 Å². The van der Waals surface area contributed by atoms with E-state index in [-0.39, 0.29) is 24.4 Å². The van der Waals surface area contributed by atoms with Crippen molar-refractivity contribution in [2.75, 3.05) is 37.9 Å². The fraction of sp³-hybridized carbons (Fsp3) is 0.310. The van der Waals surface area contributed by atoms with Gasteiger partial charge in [0.05, 0.1) is 26.2 Å². The molecule has 3 aromatic rings. The first-order valence-electron chi connectivity index (χ1n) is 12.6. The van der Waals surface area contributed by atoms with Crippen LogP contribution in [0.25, 0.3) is 0 Å². The molecule has 3 aromatic carbocycles. The van der Waals surface area contributed by atoms with Gasteiger partial charge in [-0.25, -0.2) is 12.8 Å². The highest BCUT2D eigenvalue weighted by molar-refractivity contribution is 7.92. The maximum Gasteiger partial charge on any atom is 0.244 e. The minimum Gasteiger partial charge on any atom is -0.497 e. The Hall–Kier alpha value is -4.12. The van der Waals surface area contributed by atoms with Crippen molar-refractivity contribution >= 4 is 27.5 Å². The third-order valence-corrected chi connectivity index (χ3v) is 7.35. The summed E-state index contributed by atoms with van der Waals surface area (Å²) in [6, 6.07) is 18.4. The Morgan fingerprint density at radius 2 is 1.62 bits per heavy atom. The number of nitrogens with zero attached hydrogens (tertiary/aromatic N) is 2. The number of amides is 2. The number of sulfonamides is 1. The van der Waals surface area contributed by atoms with Gasteiger partial charge in [0.25, 0.3) is 0 Å². The van der Waals surface area contributed by atoms with E-state index in [2.05, 4.69) is 5.32 Å². The van der Waals surface area contributed by atoms with Gasteiger partial charge in [-0.15, -0.1) is 0 Å². The van der Waals surface area contributed by atoms with Crippen molar-refractivity contribution in [3.63, 3.8) is 0 Å². The average molecular weight is 572 g/mol. The lowest BCUT2D eigenvalue weighted by Crippen LogP contribution is -2.53. The van der Waals surface area contributed by atoms with Gasteiger partial charge in [0, 0.05) is 25.6 Å². The summed E-state index contributed by atoms with van der Waals surface area (Å²) in [7, 11) is -1.17. The Balaban J connectivity index is 2.08. The van der Waals surface area contributed by atoms with E-state index >= 15 is 0 Å². The van der Waals surface area contributed by atoms with Gasteiger partial charge in [0.15, 0.2) is 0 Å². The molecule has 0 heterocycles. The Morgan fingerprint density at radius 1 is 0.950 bits per heavy atom. The molecule has 11 heteroatoms. The number of carbonyl (C=O) groups excluding carboxylic acids is 2. The Kier molecular flexibility index (Phi) is 10.5. The fourth-order valence-corrected chi connectivity index (χ4v) is 5.06. The van der Waals surface area contributed by atoms with E-state index in [0.717, 1.165) is 16.1 Å². The average Bonchev–Trinajstić information content (AvgIpc) is 2.94. The van der Waals surface area contributed by atoms with Crippen LogP contribution in [-0.4, -0.2) is 64.7 Å². The fourth-order valence-electron chi connectivity index (χ4n) is 4.22. The highest BCUT2D eigenvalue weighted by Crippen LogP contribution is 2.34. The zero-order valence-corrected chi connectivity index (χ0v) is 23.8.